The highest BCUT2D eigenvalue weighted by molar-refractivity contribution is 9.11. The van der Waals surface area contributed by atoms with E-state index < -0.39 is 0 Å². The van der Waals surface area contributed by atoms with Crippen molar-refractivity contribution in [2.24, 2.45) is 0 Å². The molecular formula is C36H20Br2. The van der Waals surface area contributed by atoms with Gasteiger partial charge in [0.2, 0.25) is 0 Å². The van der Waals surface area contributed by atoms with Crippen molar-refractivity contribution < 1.29 is 0 Å². The Labute approximate surface area is 236 Å². The first-order valence-electron chi connectivity index (χ1n) is 12.7. The van der Waals surface area contributed by atoms with Crippen molar-refractivity contribution in [1.29, 1.82) is 0 Å². The Kier molecular flexibility index (Phi) is 4.92. The lowest BCUT2D eigenvalue weighted by Crippen LogP contribution is -1.88. The molecule has 0 radical (unpaired) electrons. The van der Waals surface area contributed by atoms with Crippen molar-refractivity contribution in [2.75, 3.05) is 0 Å². The molecule has 0 saturated carbocycles. The molecule has 0 aromatic heterocycles. The van der Waals surface area contributed by atoms with E-state index in [1.165, 1.54) is 75.8 Å². The number of hydrogen-bond acceptors (Lipinski definition) is 0. The summed E-state index contributed by atoms with van der Waals surface area (Å²) in [6, 6.07) is 44.4. The fourth-order valence-electron chi connectivity index (χ4n) is 6.08. The van der Waals surface area contributed by atoms with E-state index in [1.54, 1.807) is 0 Å². The molecule has 0 aliphatic carbocycles. The normalized spacial score (nSPS) is 11.9. The van der Waals surface area contributed by atoms with Crippen LogP contribution < -0.4 is 0 Å². The molecule has 0 aliphatic rings. The van der Waals surface area contributed by atoms with Crippen molar-refractivity contribution in [3.8, 4) is 11.1 Å². The summed E-state index contributed by atoms with van der Waals surface area (Å²) in [5.41, 5.74) is 2.48. The predicted octanol–water partition coefficient (Wildman–Crippen LogP) is 11.8. The summed E-state index contributed by atoms with van der Waals surface area (Å²) in [5, 5.41) is 15.1. The second-order valence-electron chi connectivity index (χ2n) is 9.98. The maximum absolute atomic E-state index is 3.97. The van der Waals surface area contributed by atoms with E-state index in [0.717, 1.165) is 8.95 Å². The van der Waals surface area contributed by atoms with Crippen LogP contribution in [-0.2, 0) is 0 Å². The smallest absolute Gasteiger partial charge is 0.0332 e. The first-order chi connectivity index (χ1) is 18.7. The number of benzene rings is 8. The monoisotopic (exact) mass is 610 g/mol. The maximum Gasteiger partial charge on any atom is 0.0332 e. The van der Waals surface area contributed by atoms with Crippen LogP contribution in [0.3, 0.4) is 0 Å². The Hall–Kier alpha value is -3.72. The molecule has 178 valence electrons. The first kappa shape index (κ1) is 22.3. The zero-order chi connectivity index (χ0) is 25.4. The molecule has 8 rings (SSSR count). The number of fused-ring (bicyclic) bond motifs is 8. The van der Waals surface area contributed by atoms with Gasteiger partial charge in [0.1, 0.15) is 0 Å². The molecule has 0 spiro atoms. The minimum atomic E-state index is 1.15. The van der Waals surface area contributed by atoms with Crippen molar-refractivity contribution in [2.45, 2.75) is 0 Å². The summed E-state index contributed by atoms with van der Waals surface area (Å²) in [5.74, 6) is 0. The van der Waals surface area contributed by atoms with E-state index in [0.29, 0.717) is 0 Å². The highest BCUT2D eigenvalue weighted by Crippen LogP contribution is 2.43. The lowest BCUT2D eigenvalue weighted by Gasteiger charge is -2.15. The van der Waals surface area contributed by atoms with Crippen LogP contribution in [-0.4, -0.2) is 0 Å². The van der Waals surface area contributed by atoms with Crippen LogP contribution in [0.5, 0.6) is 0 Å². The fourth-order valence-corrected chi connectivity index (χ4v) is 7.47. The summed E-state index contributed by atoms with van der Waals surface area (Å²) >= 11 is 7.89. The van der Waals surface area contributed by atoms with E-state index in [1.807, 2.05) is 0 Å². The molecule has 0 amide bonds. The third-order valence-electron chi connectivity index (χ3n) is 7.93. The van der Waals surface area contributed by atoms with E-state index in [2.05, 4.69) is 153 Å². The van der Waals surface area contributed by atoms with Crippen molar-refractivity contribution in [3.05, 3.63) is 130 Å². The summed E-state index contributed by atoms with van der Waals surface area (Å²) in [6.07, 6.45) is 0. The van der Waals surface area contributed by atoms with Crippen LogP contribution in [0.2, 0.25) is 0 Å². The molecule has 8 aromatic carbocycles. The van der Waals surface area contributed by atoms with Crippen LogP contribution in [0.1, 0.15) is 0 Å². The van der Waals surface area contributed by atoms with Gasteiger partial charge < -0.3 is 0 Å². The Morgan fingerprint density at radius 3 is 1.58 bits per heavy atom. The van der Waals surface area contributed by atoms with Gasteiger partial charge in [-0.05, 0) is 132 Å². The molecule has 0 aliphatic heterocycles. The van der Waals surface area contributed by atoms with Gasteiger partial charge in [0, 0.05) is 8.95 Å². The molecule has 2 heteroatoms. The molecule has 0 saturated heterocycles. The molecule has 0 nitrogen and oxygen atoms in total. The largest absolute Gasteiger partial charge is 0.0616 e. The van der Waals surface area contributed by atoms with Crippen molar-refractivity contribution in [3.63, 3.8) is 0 Å². The zero-order valence-electron chi connectivity index (χ0n) is 20.3. The number of halogens is 2. The van der Waals surface area contributed by atoms with Crippen LogP contribution in [0.4, 0.5) is 0 Å². The molecule has 0 unspecified atom stereocenters. The summed E-state index contributed by atoms with van der Waals surface area (Å²) < 4.78 is 2.31. The summed E-state index contributed by atoms with van der Waals surface area (Å²) in [4.78, 5) is 0. The maximum atomic E-state index is 3.97. The van der Waals surface area contributed by atoms with Crippen molar-refractivity contribution >= 4 is 96.5 Å². The van der Waals surface area contributed by atoms with Crippen molar-refractivity contribution in [1.82, 2.24) is 0 Å². The van der Waals surface area contributed by atoms with Gasteiger partial charge >= 0.3 is 0 Å². The van der Waals surface area contributed by atoms with Gasteiger partial charge in [0.25, 0.3) is 0 Å². The first-order valence-corrected chi connectivity index (χ1v) is 14.3. The lowest BCUT2D eigenvalue weighted by molar-refractivity contribution is 1.70. The van der Waals surface area contributed by atoms with E-state index in [9.17, 15) is 0 Å². The molecule has 0 fully saturated rings. The van der Waals surface area contributed by atoms with Crippen LogP contribution in [0.25, 0.3) is 75.8 Å². The summed E-state index contributed by atoms with van der Waals surface area (Å²) in [7, 11) is 0. The molecule has 38 heavy (non-hydrogen) atoms. The highest BCUT2D eigenvalue weighted by atomic mass is 79.9. The lowest BCUT2D eigenvalue weighted by atomic mass is 9.90. The topological polar surface area (TPSA) is 0 Å². The van der Waals surface area contributed by atoms with E-state index in [-0.39, 0.29) is 0 Å². The van der Waals surface area contributed by atoms with Crippen LogP contribution in [0.15, 0.2) is 130 Å². The quantitative estimate of drug-likeness (QED) is 0.128. The van der Waals surface area contributed by atoms with E-state index in [4.69, 9.17) is 0 Å². The zero-order valence-corrected chi connectivity index (χ0v) is 23.5. The van der Waals surface area contributed by atoms with Gasteiger partial charge in [-0.3, -0.25) is 0 Å². The molecule has 8 aromatic rings. The molecule has 0 atom stereocenters. The Bertz CT molecular complexity index is 2260. The second kappa shape index (κ2) is 8.39. The Morgan fingerprint density at radius 1 is 0.316 bits per heavy atom. The average Bonchev–Trinajstić information content (AvgIpc) is 2.97. The minimum absolute atomic E-state index is 1.15. The Balaban J connectivity index is 1.48. The van der Waals surface area contributed by atoms with Gasteiger partial charge in [0.15, 0.2) is 0 Å². The third kappa shape index (κ3) is 3.20. The number of hydrogen-bond donors (Lipinski definition) is 0. The predicted molar refractivity (Wildman–Crippen MR) is 172 cm³/mol. The van der Waals surface area contributed by atoms with Gasteiger partial charge in [-0.1, -0.05) is 97.1 Å². The molecule has 0 bridgehead atoms. The fraction of sp³-hybridized carbons (Fsp3) is 0. The van der Waals surface area contributed by atoms with Crippen LogP contribution >= 0.6 is 31.9 Å². The molecule has 0 heterocycles. The highest BCUT2D eigenvalue weighted by Gasteiger charge is 2.14. The molecule has 0 N–H and O–H groups in total. The standard InChI is InChI=1S/C36H20Br2/c37-35-25-9-3-1-8-23(25)19-33-29(35)16-15-21-13-14-24(17-30(21)33)31-20-34-32(28-12-6-5-11-27(28)31)18-22-7-2-4-10-26(22)36(34)38/h1-20H. The van der Waals surface area contributed by atoms with Gasteiger partial charge in [-0.25, -0.2) is 0 Å². The van der Waals surface area contributed by atoms with Crippen LogP contribution in [0, 0.1) is 0 Å². The molecular weight excluding hydrogens is 592 g/mol. The minimum Gasteiger partial charge on any atom is -0.0616 e. The second-order valence-corrected chi connectivity index (χ2v) is 11.6. The summed E-state index contributed by atoms with van der Waals surface area (Å²) in [6.45, 7) is 0. The average molecular weight is 612 g/mol. The van der Waals surface area contributed by atoms with Gasteiger partial charge in [0.05, 0.1) is 0 Å². The number of rotatable bonds is 1. The SMILES string of the molecule is Brc1c2ccccc2cc2c1ccc1ccc(-c3cc4c(Br)c5ccccc5cc4c4ccccc34)cc12. The van der Waals surface area contributed by atoms with Gasteiger partial charge in [-0.2, -0.15) is 0 Å². The van der Waals surface area contributed by atoms with E-state index >= 15 is 0 Å². The third-order valence-corrected chi connectivity index (χ3v) is 9.64. The Morgan fingerprint density at radius 2 is 0.868 bits per heavy atom. The van der Waals surface area contributed by atoms with Gasteiger partial charge in [-0.15, -0.1) is 0 Å².